The van der Waals surface area contributed by atoms with Crippen LogP contribution in [-0.2, 0) is 4.79 Å². The summed E-state index contributed by atoms with van der Waals surface area (Å²) < 4.78 is 1.56. The van der Waals surface area contributed by atoms with Crippen molar-refractivity contribution in [2.24, 2.45) is 5.10 Å². The van der Waals surface area contributed by atoms with Crippen LogP contribution in [0.4, 0.5) is 0 Å². The van der Waals surface area contributed by atoms with Crippen LogP contribution in [-0.4, -0.2) is 26.9 Å². The predicted octanol–water partition coefficient (Wildman–Crippen LogP) is 5.48. The molecule has 1 heterocycles. The first kappa shape index (κ1) is 23.5. The zero-order chi connectivity index (χ0) is 25.1. The van der Waals surface area contributed by atoms with Crippen LogP contribution in [0.1, 0.15) is 18.1 Å². The second-order valence-corrected chi connectivity index (χ2v) is 9.38. The standard InChI is InChI=1S/C29H24N4O2S/c1-19-14-16-22(17-15-19)33-28(35)25-11-5-6-13-26(25)30-29(33)36-18-27(34)32-31-20(2)23-12-7-9-21-8-3-4-10-24(21)23/h3-17H,18H2,1-2H3,(H,32,34)/b31-20+. The minimum atomic E-state index is -0.280. The predicted molar refractivity (Wildman–Crippen MR) is 147 cm³/mol. The van der Waals surface area contributed by atoms with Crippen LogP contribution in [0.5, 0.6) is 0 Å². The van der Waals surface area contributed by atoms with Gasteiger partial charge < -0.3 is 0 Å². The van der Waals surface area contributed by atoms with Gasteiger partial charge in [0.15, 0.2) is 5.16 Å². The van der Waals surface area contributed by atoms with Gasteiger partial charge in [0.1, 0.15) is 0 Å². The molecule has 0 spiro atoms. The van der Waals surface area contributed by atoms with E-state index in [0.717, 1.165) is 21.9 Å². The molecule has 5 rings (SSSR count). The van der Waals surface area contributed by atoms with E-state index in [-0.39, 0.29) is 17.2 Å². The summed E-state index contributed by atoms with van der Waals surface area (Å²) in [6.45, 7) is 3.86. The van der Waals surface area contributed by atoms with Crippen LogP contribution in [0.15, 0.2) is 106 Å². The van der Waals surface area contributed by atoms with Crippen LogP contribution in [0.25, 0.3) is 27.4 Å². The van der Waals surface area contributed by atoms with Gasteiger partial charge in [-0.2, -0.15) is 5.10 Å². The van der Waals surface area contributed by atoms with Crippen molar-refractivity contribution in [1.29, 1.82) is 0 Å². The number of fused-ring (bicyclic) bond motifs is 2. The van der Waals surface area contributed by atoms with Gasteiger partial charge in [-0.1, -0.05) is 84.1 Å². The van der Waals surface area contributed by atoms with Gasteiger partial charge in [0, 0.05) is 5.56 Å². The van der Waals surface area contributed by atoms with Gasteiger partial charge in [-0.15, -0.1) is 0 Å². The molecule has 178 valence electrons. The highest BCUT2D eigenvalue weighted by Gasteiger charge is 2.15. The zero-order valence-corrected chi connectivity index (χ0v) is 20.8. The van der Waals surface area contributed by atoms with Gasteiger partial charge >= 0.3 is 0 Å². The molecule has 1 amide bonds. The number of amides is 1. The van der Waals surface area contributed by atoms with Crippen LogP contribution < -0.4 is 11.0 Å². The van der Waals surface area contributed by atoms with Crippen molar-refractivity contribution in [2.75, 3.05) is 5.75 Å². The number of aromatic nitrogens is 2. The number of para-hydroxylation sites is 1. The lowest BCUT2D eigenvalue weighted by atomic mass is 10.0. The van der Waals surface area contributed by atoms with Gasteiger partial charge in [0.05, 0.1) is 28.1 Å². The van der Waals surface area contributed by atoms with Crippen molar-refractivity contribution < 1.29 is 4.79 Å². The number of carbonyl (C=O) groups is 1. The van der Waals surface area contributed by atoms with E-state index in [4.69, 9.17) is 4.98 Å². The third-order valence-electron chi connectivity index (χ3n) is 5.90. The van der Waals surface area contributed by atoms with E-state index in [1.165, 1.54) is 11.8 Å². The minimum Gasteiger partial charge on any atom is -0.272 e. The lowest BCUT2D eigenvalue weighted by Gasteiger charge is -2.13. The summed E-state index contributed by atoms with van der Waals surface area (Å²) in [7, 11) is 0. The molecule has 6 nitrogen and oxygen atoms in total. The molecular formula is C29H24N4O2S. The third-order valence-corrected chi connectivity index (χ3v) is 6.84. The fourth-order valence-corrected chi connectivity index (χ4v) is 4.85. The van der Waals surface area contributed by atoms with Crippen LogP contribution in [0.2, 0.25) is 0 Å². The van der Waals surface area contributed by atoms with Gasteiger partial charge in [-0.3, -0.25) is 14.2 Å². The Morgan fingerprint density at radius 1 is 0.917 bits per heavy atom. The lowest BCUT2D eigenvalue weighted by Crippen LogP contribution is -2.24. The maximum Gasteiger partial charge on any atom is 0.266 e. The Hall–Kier alpha value is -4.23. The maximum atomic E-state index is 13.3. The number of benzene rings is 4. The van der Waals surface area contributed by atoms with E-state index in [1.807, 2.05) is 92.7 Å². The van der Waals surface area contributed by atoms with E-state index in [0.29, 0.717) is 27.5 Å². The van der Waals surface area contributed by atoms with Gasteiger partial charge in [-0.05, 0) is 48.9 Å². The molecule has 0 aliphatic rings. The third kappa shape index (κ3) is 4.78. The van der Waals surface area contributed by atoms with Crippen molar-refractivity contribution >= 4 is 45.1 Å². The van der Waals surface area contributed by atoms with E-state index in [1.54, 1.807) is 16.7 Å². The molecule has 4 aromatic carbocycles. The normalized spacial score (nSPS) is 11.7. The average Bonchev–Trinajstić information content (AvgIpc) is 2.91. The van der Waals surface area contributed by atoms with Crippen molar-refractivity contribution in [2.45, 2.75) is 19.0 Å². The molecule has 0 saturated carbocycles. The summed E-state index contributed by atoms with van der Waals surface area (Å²) >= 11 is 1.20. The summed E-state index contributed by atoms with van der Waals surface area (Å²) in [6.07, 6.45) is 0. The monoisotopic (exact) mass is 492 g/mol. The molecular weight excluding hydrogens is 468 g/mol. The highest BCUT2D eigenvalue weighted by Crippen LogP contribution is 2.22. The molecule has 7 heteroatoms. The molecule has 0 fully saturated rings. The second-order valence-electron chi connectivity index (χ2n) is 8.44. The molecule has 0 atom stereocenters. The molecule has 5 aromatic rings. The number of hydrogen-bond acceptors (Lipinski definition) is 5. The van der Waals surface area contributed by atoms with Crippen molar-refractivity contribution in [3.63, 3.8) is 0 Å². The molecule has 1 aromatic heterocycles. The number of carbonyl (C=O) groups excluding carboxylic acids is 1. The number of thioether (sulfide) groups is 1. The number of hydrazone groups is 1. The van der Waals surface area contributed by atoms with Crippen molar-refractivity contribution in [3.05, 3.63) is 112 Å². The number of hydrogen-bond donors (Lipinski definition) is 1. The van der Waals surface area contributed by atoms with Gasteiger partial charge in [0.2, 0.25) is 0 Å². The molecule has 1 N–H and O–H groups in total. The highest BCUT2D eigenvalue weighted by molar-refractivity contribution is 7.99. The number of nitrogens with zero attached hydrogens (tertiary/aromatic N) is 3. The first-order valence-corrected chi connectivity index (χ1v) is 12.5. The number of nitrogens with one attached hydrogen (secondary N) is 1. The summed E-state index contributed by atoms with van der Waals surface area (Å²) in [5.41, 5.74) is 6.55. The molecule has 0 saturated heterocycles. The summed E-state index contributed by atoms with van der Waals surface area (Å²) in [5.74, 6) is -0.222. The average molecular weight is 493 g/mol. The Morgan fingerprint density at radius 2 is 1.61 bits per heavy atom. The summed E-state index contributed by atoms with van der Waals surface area (Å²) in [4.78, 5) is 30.7. The maximum absolute atomic E-state index is 13.3. The Balaban J connectivity index is 1.39. The Labute approximate surface area is 212 Å². The minimum absolute atomic E-state index is 0.0585. The highest BCUT2D eigenvalue weighted by atomic mass is 32.2. The largest absolute Gasteiger partial charge is 0.272 e. The summed E-state index contributed by atoms with van der Waals surface area (Å²) in [5, 5.41) is 7.50. The van der Waals surface area contributed by atoms with Crippen molar-refractivity contribution in [3.8, 4) is 5.69 Å². The molecule has 0 aliphatic heterocycles. The van der Waals surface area contributed by atoms with E-state index in [9.17, 15) is 9.59 Å². The van der Waals surface area contributed by atoms with Crippen LogP contribution >= 0.6 is 11.8 Å². The summed E-state index contributed by atoms with van der Waals surface area (Å²) in [6, 6.07) is 29.0. The van der Waals surface area contributed by atoms with E-state index >= 15 is 0 Å². The van der Waals surface area contributed by atoms with Crippen LogP contribution in [0, 0.1) is 6.92 Å². The second kappa shape index (κ2) is 10.2. The Bertz CT molecular complexity index is 1670. The molecule has 36 heavy (non-hydrogen) atoms. The SMILES string of the molecule is C/C(=N\NC(=O)CSc1nc2ccccc2c(=O)n1-c1ccc(C)cc1)c1cccc2ccccc12. The fourth-order valence-electron chi connectivity index (χ4n) is 4.04. The van der Waals surface area contributed by atoms with Crippen molar-refractivity contribution in [1.82, 2.24) is 15.0 Å². The quantitative estimate of drug-likeness (QED) is 0.147. The van der Waals surface area contributed by atoms with E-state index < -0.39 is 0 Å². The Morgan fingerprint density at radius 3 is 2.42 bits per heavy atom. The van der Waals surface area contributed by atoms with E-state index in [2.05, 4.69) is 10.5 Å². The Kier molecular flexibility index (Phi) is 6.64. The van der Waals surface area contributed by atoms with Gasteiger partial charge in [-0.25, -0.2) is 10.4 Å². The van der Waals surface area contributed by atoms with Crippen LogP contribution in [0.3, 0.4) is 0 Å². The number of rotatable bonds is 6. The zero-order valence-electron chi connectivity index (χ0n) is 19.9. The van der Waals surface area contributed by atoms with Gasteiger partial charge in [0.25, 0.3) is 11.5 Å². The lowest BCUT2D eigenvalue weighted by molar-refractivity contribution is -0.118. The molecule has 0 bridgehead atoms. The fraction of sp³-hybridized carbons (Fsp3) is 0.103. The first-order chi connectivity index (χ1) is 17.5. The smallest absolute Gasteiger partial charge is 0.266 e. The first-order valence-electron chi connectivity index (χ1n) is 11.5. The molecule has 0 aliphatic carbocycles. The molecule has 0 radical (unpaired) electrons. The topological polar surface area (TPSA) is 76.3 Å². The number of aryl methyl sites for hydroxylation is 1. The molecule has 0 unspecified atom stereocenters.